The standard InChI is InChI=1S/C25H21N3O3S2/c1-30-18-9-5-16(6-10-18)21-15-22(17-7-11-19(31-2)12-8-17)28(27-21)24-23(33-25(29)26-24)14-20-4-3-13-32-20/h3-14,22H,15H2,1-2H3/b23-14-. The van der Waals surface area contributed by atoms with Crippen molar-refractivity contribution in [3.63, 3.8) is 0 Å². The number of thioether (sulfide) groups is 1. The van der Waals surface area contributed by atoms with Crippen LogP contribution in [0.15, 0.2) is 81.0 Å². The van der Waals surface area contributed by atoms with E-state index in [1.807, 2.05) is 77.1 Å². The molecule has 0 saturated heterocycles. The molecule has 3 aromatic rings. The summed E-state index contributed by atoms with van der Waals surface area (Å²) in [4.78, 5) is 18.6. The van der Waals surface area contributed by atoms with E-state index in [1.165, 1.54) is 0 Å². The summed E-state index contributed by atoms with van der Waals surface area (Å²) in [5.41, 5.74) is 3.02. The minimum Gasteiger partial charge on any atom is -0.497 e. The number of thiophene rings is 1. The molecular weight excluding hydrogens is 454 g/mol. The zero-order valence-corrected chi connectivity index (χ0v) is 19.7. The van der Waals surface area contributed by atoms with Crippen LogP contribution >= 0.6 is 23.1 Å². The number of benzene rings is 2. The topological polar surface area (TPSA) is 63.5 Å². The highest BCUT2D eigenvalue weighted by molar-refractivity contribution is 8.18. The molecule has 0 spiro atoms. The van der Waals surface area contributed by atoms with Crippen LogP contribution in [0.1, 0.15) is 28.5 Å². The highest BCUT2D eigenvalue weighted by Crippen LogP contribution is 2.40. The minimum absolute atomic E-state index is 0.0926. The zero-order valence-electron chi connectivity index (χ0n) is 18.1. The largest absolute Gasteiger partial charge is 0.497 e. The van der Waals surface area contributed by atoms with E-state index in [1.54, 1.807) is 25.6 Å². The Balaban J connectivity index is 1.55. The number of hydrogen-bond acceptors (Lipinski definition) is 7. The third kappa shape index (κ3) is 4.44. The minimum atomic E-state index is -0.227. The predicted octanol–water partition coefficient (Wildman–Crippen LogP) is 6.22. The van der Waals surface area contributed by atoms with Crippen molar-refractivity contribution >= 4 is 46.0 Å². The molecule has 0 N–H and O–H groups in total. The number of carbonyl (C=O) groups is 1. The summed E-state index contributed by atoms with van der Waals surface area (Å²) in [5.74, 6) is 2.17. The van der Waals surface area contributed by atoms with Crippen LogP contribution in [0.5, 0.6) is 11.5 Å². The van der Waals surface area contributed by atoms with Crippen molar-refractivity contribution in [1.29, 1.82) is 0 Å². The van der Waals surface area contributed by atoms with Crippen LogP contribution in [0.2, 0.25) is 0 Å². The van der Waals surface area contributed by atoms with Crippen LogP contribution in [0, 0.1) is 0 Å². The van der Waals surface area contributed by atoms with E-state index in [2.05, 4.69) is 4.99 Å². The summed E-state index contributed by atoms with van der Waals surface area (Å²) < 4.78 is 10.6. The van der Waals surface area contributed by atoms with E-state index in [9.17, 15) is 4.79 Å². The Labute approximate surface area is 200 Å². The molecule has 8 heteroatoms. The van der Waals surface area contributed by atoms with Crippen molar-refractivity contribution in [3.8, 4) is 11.5 Å². The molecule has 2 aliphatic rings. The lowest BCUT2D eigenvalue weighted by molar-refractivity contribution is 0.267. The number of hydrazone groups is 1. The quantitative estimate of drug-likeness (QED) is 0.438. The smallest absolute Gasteiger partial charge is 0.311 e. The fourth-order valence-electron chi connectivity index (χ4n) is 3.81. The first-order valence-electron chi connectivity index (χ1n) is 10.4. The molecule has 2 aliphatic heterocycles. The Bertz CT molecular complexity index is 1250. The number of rotatable bonds is 5. The fraction of sp³-hybridized carbons (Fsp3) is 0.160. The second-order valence-corrected chi connectivity index (χ2v) is 9.41. The molecule has 2 aromatic carbocycles. The molecule has 1 aromatic heterocycles. The highest BCUT2D eigenvalue weighted by Gasteiger charge is 2.37. The van der Waals surface area contributed by atoms with Crippen LogP contribution in [0.3, 0.4) is 0 Å². The molecule has 1 unspecified atom stereocenters. The number of amidine groups is 1. The lowest BCUT2D eigenvalue weighted by atomic mass is 9.98. The van der Waals surface area contributed by atoms with Gasteiger partial charge in [-0.3, -0.25) is 4.79 Å². The van der Waals surface area contributed by atoms with Gasteiger partial charge in [0.25, 0.3) is 0 Å². The van der Waals surface area contributed by atoms with Crippen molar-refractivity contribution in [2.24, 2.45) is 10.1 Å². The third-order valence-electron chi connectivity index (χ3n) is 5.48. The van der Waals surface area contributed by atoms with Gasteiger partial charge in [-0.25, -0.2) is 5.01 Å². The Morgan fingerprint density at radius 2 is 1.70 bits per heavy atom. The number of nitrogens with zero attached hydrogens (tertiary/aromatic N) is 3. The van der Waals surface area contributed by atoms with Gasteiger partial charge >= 0.3 is 5.24 Å². The molecular formula is C25H21N3O3S2. The van der Waals surface area contributed by atoms with Crippen LogP contribution in [0.4, 0.5) is 4.79 Å². The normalized spacial score (nSPS) is 19.1. The van der Waals surface area contributed by atoms with Crippen LogP contribution in [-0.2, 0) is 0 Å². The van der Waals surface area contributed by atoms with Crippen molar-refractivity contribution in [2.45, 2.75) is 12.5 Å². The average molecular weight is 476 g/mol. The van der Waals surface area contributed by atoms with Gasteiger partial charge in [0.1, 0.15) is 11.5 Å². The van der Waals surface area contributed by atoms with Gasteiger partial charge in [-0.05, 0) is 76.8 Å². The van der Waals surface area contributed by atoms with Crippen molar-refractivity contribution in [1.82, 2.24) is 5.01 Å². The summed E-state index contributed by atoms with van der Waals surface area (Å²) in [7, 11) is 3.30. The van der Waals surface area contributed by atoms with Gasteiger partial charge in [-0.2, -0.15) is 10.1 Å². The zero-order chi connectivity index (χ0) is 22.8. The number of carbonyl (C=O) groups excluding carboxylic acids is 1. The van der Waals surface area contributed by atoms with Gasteiger partial charge in [-0.15, -0.1) is 11.3 Å². The van der Waals surface area contributed by atoms with Gasteiger partial charge in [-0.1, -0.05) is 18.2 Å². The first-order valence-corrected chi connectivity index (χ1v) is 12.1. The lowest BCUT2D eigenvalue weighted by Crippen LogP contribution is -2.26. The van der Waals surface area contributed by atoms with Crippen molar-refractivity contribution < 1.29 is 14.3 Å². The second kappa shape index (κ2) is 9.25. The van der Waals surface area contributed by atoms with E-state index in [4.69, 9.17) is 14.6 Å². The fourth-order valence-corrected chi connectivity index (χ4v) is 5.28. The van der Waals surface area contributed by atoms with E-state index >= 15 is 0 Å². The summed E-state index contributed by atoms with van der Waals surface area (Å²) >= 11 is 2.76. The first kappa shape index (κ1) is 21.5. The maximum atomic E-state index is 12.3. The Hall–Kier alpha value is -3.36. The van der Waals surface area contributed by atoms with Crippen molar-refractivity contribution in [2.75, 3.05) is 14.2 Å². The van der Waals surface area contributed by atoms with E-state index < -0.39 is 0 Å². The van der Waals surface area contributed by atoms with Crippen LogP contribution in [-0.4, -0.2) is 36.0 Å². The number of hydrogen-bond donors (Lipinski definition) is 0. The maximum Gasteiger partial charge on any atom is 0.311 e. The summed E-state index contributed by atoms with van der Waals surface area (Å²) in [6.45, 7) is 0. The predicted molar refractivity (Wildman–Crippen MR) is 134 cm³/mol. The van der Waals surface area contributed by atoms with Gasteiger partial charge in [0.05, 0.1) is 30.9 Å². The summed E-state index contributed by atoms with van der Waals surface area (Å²) in [6, 6.07) is 19.7. The Morgan fingerprint density at radius 1 is 1.00 bits per heavy atom. The Morgan fingerprint density at radius 3 is 2.33 bits per heavy atom. The summed E-state index contributed by atoms with van der Waals surface area (Å²) in [6.07, 6.45) is 2.69. The van der Waals surface area contributed by atoms with E-state index in [0.29, 0.717) is 12.3 Å². The third-order valence-corrected chi connectivity index (χ3v) is 7.09. The monoisotopic (exact) mass is 475 g/mol. The van der Waals surface area contributed by atoms with Gasteiger partial charge < -0.3 is 9.47 Å². The number of amides is 1. The molecule has 3 heterocycles. The molecule has 1 atom stereocenters. The van der Waals surface area contributed by atoms with Crippen LogP contribution in [0.25, 0.3) is 6.08 Å². The SMILES string of the molecule is COc1ccc(C2=NN(C3=NC(=O)S/C3=C\c3cccs3)C(c3ccc(OC)cc3)C2)cc1. The second-order valence-electron chi connectivity index (χ2n) is 7.44. The molecule has 0 aliphatic carbocycles. The molecule has 1 amide bonds. The number of methoxy groups -OCH3 is 2. The molecule has 6 nitrogen and oxygen atoms in total. The molecule has 0 saturated carbocycles. The molecule has 0 fully saturated rings. The van der Waals surface area contributed by atoms with Crippen LogP contribution < -0.4 is 9.47 Å². The Kier molecular flexibility index (Phi) is 6.02. The van der Waals surface area contributed by atoms with E-state index in [0.717, 1.165) is 49.9 Å². The van der Waals surface area contributed by atoms with Gasteiger partial charge in [0, 0.05) is 11.3 Å². The molecule has 0 radical (unpaired) electrons. The highest BCUT2D eigenvalue weighted by atomic mass is 32.2. The van der Waals surface area contributed by atoms with Crippen molar-refractivity contribution in [3.05, 3.63) is 87.0 Å². The number of aliphatic imine (C=N–C) groups is 1. The molecule has 166 valence electrons. The molecule has 5 rings (SSSR count). The molecule has 0 bridgehead atoms. The number of ether oxygens (including phenoxy) is 2. The molecule has 33 heavy (non-hydrogen) atoms. The average Bonchev–Trinajstić information content (AvgIpc) is 3.60. The van der Waals surface area contributed by atoms with Gasteiger partial charge in [0.2, 0.25) is 0 Å². The lowest BCUT2D eigenvalue weighted by Gasteiger charge is -2.24. The summed E-state index contributed by atoms with van der Waals surface area (Å²) in [5, 5.41) is 8.63. The van der Waals surface area contributed by atoms with E-state index in [-0.39, 0.29) is 11.3 Å². The van der Waals surface area contributed by atoms with Gasteiger partial charge in [0.15, 0.2) is 5.84 Å². The first-order chi connectivity index (χ1) is 16.1. The maximum absolute atomic E-state index is 12.3.